The minimum Gasteiger partial charge on any atom is -0.465 e. The van der Waals surface area contributed by atoms with Gasteiger partial charge in [0.15, 0.2) is 11.5 Å². The minimum atomic E-state index is -0.368. The van der Waals surface area contributed by atoms with Crippen LogP contribution in [-0.2, 0) is 4.74 Å². The van der Waals surface area contributed by atoms with E-state index in [1.807, 2.05) is 48.5 Å². The van der Waals surface area contributed by atoms with Crippen LogP contribution in [0.4, 0.5) is 17.1 Å². The van der Waals surface area contributed by atoms with Crippen LogP contribution < -0.4 is 9.64 Å². The van der Waals surface area contributed by atoms with Gasteiger partial charge in [-0.25, -0.2) is 9.78 Å². The average molecular weight is 585 g/mol. The second-order valence-corrected chi connectivity index (χ2v) is 11.1. The van der Waals surface area contributed by atoms with Crippen molar-refractivity contribution in [3.8, 4) is 33.9 Å². The maximum Gasteiger partial charge on any atom is 0.337 e. The van der Waals surface area contributed by atoms with Crippen LogP contribution in [0, 0.1) is 6.92 Å². The first-order chi connectivity index (χ1) is 22.1. The Morgan fingerprint density at radius 1 is 0.689 bits per heavy atom. The largest absolute Gasteiger partial charge is 0.465 e. The number of nitrogens with zero attached hydrogens (tertiary/aromatic N) is 2. The van der Waals surface area contributed by atoms with E-state index in [1.165, 1.54) is 17.9 Å². The molecular formula is C40H28N2O3. The highest BCUT2D eigenvalue weighted by atomic mass is 16.5. The minimum absolute atomic E-state index is 0.368. The molecule has 0 spiro atoms. The zero-order chi connectivity index (χ0) is 30.5. The molecule has 0 radical (unpaired) electrons. The van der Waals surface area contributed by atoms with Crippen LogP contribution in [0.1, 0.15) is 15.9 Å². The fourth-order valence-corrected chi connectivity index (χ4v) is 6.36. The predicted molar refractivity (Wildman–Crippen MR) is 181 cm³/mol. The standard InChI is InChI=1S/C40H28N2O3/c1-25-18-23-35(42-33-14-5-7-16-36(33)45-37-17-8-6-15-34(37)42)39-38(25)31(30-13-9-11-26-10-3-4-12-29(26)30)24-32(41-39)27-19-21-28(22-20-27)40(43)44-2/h3-24H,1-2H3. The number of pyridine rings is 1. The number of aromatic nitrogens is 1. The van der Waals surface area contributed by atoms with Crippen molar-refractivity contribution in [2.24, 2.45) is 0 Å². The van der Waals surface area contributed by atoms with E-state index in [0.29, 0.717) is 5.56 Å². The van der Waals surface area contributed by atoms with Gasteiger partial charge in [-0.2, -0.15) is 0 Å². The van der Waals surface area contributed by atoms with Gasteiger partial charge in [0.25, 0.3) is 0 Å². The van der Waals surface area contributed by atoms with Crippen molar-refractivity contribution in [1.29, 1.82) is 0 Å². The summed E-state index contributed by atoms with van der Waals surface area (Å²) in [5.41, 5.74) is 9.29. The molecule has 1 aliphatic rings. The van der Waals surface area contributed by atoms with E-state index in [1.54, 1.807) is 12.1 Å². The van der Waals surface area contributed by atoms with Gasteiger partial charge in [0.2, 0.25) is 0 Å². The molecule has 1 aliphatic heterocycles. The lowest BCUT2D eigenvalue weighted by Gasteiger charge is -2.33. The molecule has 5 nitrogen and oxygen atoms in total. The molecule has 5 heteroatoms. The quantitative estimate of drug-likeness (QED) is 0.193. The Hall–Kier alpha value is -5.94. The molecule has 0 N–H and O–H groups in total. The Labute approximate surface area is 260 Å². The molecule has 0 atom stereocenters. The number of para-hydroxylation sites is 4. The number of benzene rings is 6. The molecule has 0 saturated heterocycles. The van der Waals surface area contributed by atoms with Crippen LogP contribution in [0.3, 0.4) is 0 Å². The molecular weight excluding hydrogens is 556 g/mol. The van der Waals surface area contributed by atoms with Gasteiger partial charge < -0.3 is 14.4 Å². The summed E-state index contributed by atoms with van der Waals surface area (Å²) in [7, 11) is 1.39. The molecule has 7 aromatic rings. The van der Waals surface area contributed by atoms with Crippen molar-refractivity contribution >= 4 is 44.7 Å². The summed E-state index contributed by atoms with van der Waals surface area (Å²) in [6.07, 6.45) is 0. The van der Waals surface area contributed by atoms with Crippen molar-refractivity contribution in [2.75, 3.05) is 12.0 Å². The van der Waals surface area contributed by atoms with E-state index in [2.05, 4.69) is 84.6 Å². The van der Waals surface area contributed by atoms with Gasteiger partial charge in [-0.05, 0) is 82.9 Å². The summed E-state index contributed by atoms with van der Waals surface area (Å²) in [5.74, 6) is 1.20. The van der Waals surface area contributed by atoms with Crippen molar-refractivity contribution in [3.05, 3.63) is 145 Å². The number of hydrogen-bond acceptors (Lipinski definition) is 5. The van der Waals surface area contributed by atoms with Gasteiger partial charge in [-0.1, -0.05) is 84.9 Å². The molecule has 0 saturated carbocycles. The number of hydrogen-bond donors (Lipinski definition) is 0. The Balaban J connectivity index is 1.46. The average Bonchev–Trinajstić information content (AvgIpc) is 3.10. The lowest BCUT2D eigenvalue weighted by Crippen LogP contribution is -2.16. The Kier molecular flexibility index (Phi) is 6.31. The molecule has 2 heterocycles. The fourth-order valence-electron chi connectivity index (χ4n) is 6.36. The second kappa shape index (κ2) is 10.6. The molecule has 6 aromatic carbocycles. The Morgan fingerprint density at radius 3 is 2.09 bits per heavy atom. The Morgan fingerprint density at radius 2 is 1.36 bits per heavy atom. The van der Waals surface area contributed by atoms with Gasteiger partial charge in [-0.15, -0.1) is 0 Å². The molecule has 0 aliphatic carbocycles. The van der Waals surface area contributed by atoms with Crippen molar-refractivity contribution < 1.29 is 14.3 Å². The first kappa shape index (κ1) is 26.7. The smallest absolute Gasteiger partial charge is 0.337 e. The number of fused-ring (bicyclic) bond motifs is 4. The number of anilines is 3. The monoisotopic (exact) mass is 584 g/mol. The summed E-state index contributed by atoms with van der Waals surface area (Å²) >= 11 is 0. The number of carbonyl (C=O) groups is 1. The predicted octanol–water partition coefficient (Wildman–Crippen LogP) is 10.4. The Bertz CT molecular complexity index is 2220. The lowest BCUT2D eigenvalue weighted by atomic mass is 9.91. The summed E-state index contributed by atoms with van der Waals surface area (Å²) in [6.45, 7) is 2.15. The van der Waals surface area contributed by atoms with Gasteiger partial charge in [0.05, 0.1) is 40.9 Å². The molecule has 8 rings (SSSR count). The fraction of sp³-hybridized carbons (Fsp3) is 0.0500. The van der Waals surface area contributed by atoms with Gasteiger partial charge in [0.1, 0.15) is 0 Å². The second-order valence-electron chi connectivity index (χ2n) is 11.1. The zero-order valence-corrected chi connectivity index (χ0v) is 24.8. The number of carbonyl (C=O) groups excluding carboxylic acids is 1. The number of rotatable bonds is 4. The number of esters is 1. The highest BCUT2D eigenvalue weighted by molar-refractivity contribution is 6.11. The normalized spacial score (nSPS) is 12.0. The van der Waals surface area contributed by atoms with E-state index in [4.69, 9.17) is 14.5 Å². The maximum atomic E-state index is 12.2. The molecule has 0 fully saturated rings. The topological polar surface area (TPSA) is 51.7 Å². The van der Waals surface area contributed by atoms with Crippen LogP contribution in [0.15, 0.2) is 133 Å². The first-order valence-corrected chi connectivity index (χ1v) is 14.9. The highest BCUT2D eigenvalue weighted by Crippen LogP contribution is 2.52. The van der Waals surface area contributed by atoms with Crippen LogP contribution in [0.25, 0.3) is 44.1 Å². The van der Waals surface area contributed by atoms with Gasteiger partial charge >= 0.3 is 5.97 Å². The third-order valence-corrected chi connectivity index (χ3v) is 8.50. The van der Waals surface area contributed by atoms with E-state index >= 15 is 0 Å². The number of ether oxygens (including phenoxy) is 2. The van der Waals surface area contributed by atoms with Crippen molar-refractivity contribution in [2.45, 2.75) is 6.92 Å². The van der Waals surface area contributed by atoms with Crippen LogP contribution >= 0.6 is 0 Å². The van der Waals surface area contributed by atoms with Crippen molar-refractivity contribution in [3.63, 3.8) is 0 Å². The van der Waals surface area contributed by atoms with E-state index in [-0.39, 0.29) is 5.97 Å². The van der Waals surface area contributed by atoms with Crippen molar-refractivity contribution in [1.82, 2.24) is 4.98 Å². The van der Waals surface area contributed by atoms with E-state index in [0.717, 1.165) is 67.4 Å². The van der Waals surface area contributed by atoms with Crippen LogP contribution in [0.5, 0.6) is 11.5 Å². The lowest BCUT2D eigenvalue weighted by molar-refractivity contribution is 0.0600. The molecule has 216 valence electrons. The third kappa shape index (κ3) is 4.40. The molecule has 45 heavy (non-hydrogen) atoms. The summed E-state index contributed by atoms with van der Waals surface area (Å²) in [5, 5.41) is 3.43. The SMILES string of the molecule is COC(=O)c1ccc(-c2cc(-c3cccc4ccccc34)c3c(C)ccc(N4c5ccccc5Oc5ccccc54)c3n2)cc1. The molecule has 0 bridgehead atoms. The van der Waals surface area contributed by atoms with Gasteiger partial charge in [-0.3, -0.25) is 0 Å². The maximum absolute atomic E-state index is 12.2. The summed E-state index contributed by atoms with van der Waals surface area (Å²) in [6, 6.07) is 45.1. The number of methoxy groups -OCH3 is 1. The van der Waals surface area contributed by atoms with E-state index in [9.17, 15) is 4.79 Å². The molecule has 0 unspecified atom stereocenters. The van der Waals surface area contributed by atoms with Crippen LogP contribution in [-0.4, -0.2) is 18.1 Å². The third-order valence-electron chi connectivity index (χ3n) is 8.50. The zero-order valence-electron chi connectivity index (χ0n) is 24.8. The summed E-state index contributed by atoms with van der Waals surface area (Å²) in [4.78, 5) is 19.8. The van der Waals surface area contributed by atoms with Gasteiger partial charge in [0, 0.05) is 10.9 Å². The number of aryl methyl sites for hydroxylation is 1. The highest BCUT2D eigenvalue weighted by Gasteiger charge is 2.28. The molecule has 0 amide bonds. The summed E-state index contributed by atoms with van der Waals surface area (Å²) < 4.78 is 11.3. The first-order valence-electron chi connectivity index (χ1n) is 14.9. The molecule has 1 aromatic heterocycles. The van der Waals surface area contributed by atoms with E-state index < -0.39 is 0 Å². The van der Waals surface area contributed by atoms with Crippen LogP contribution in [0.2, 0.25) is 0 Å².